The molecule has 0 bridgehead atoms. The van der Waals surface area contributed by atoms with Crippen LogP contribution in [0.15, 0.2) is 12.1 Å². The lowest BCUT2D eigenvalue weighted by molar-refractivity contribution is 1.03. The van der Waals surface area contributed by atoms with E-state index >= 15 is 0 Å². The molecule has 0 radical (unpaired) electrons. The number of aryl methyl sites for hydroxylation is 1. The number of nitrogens with two attached hydrogens (primary N) is 1. The first kappa shape index (κ1) is 9.39. The van der Waals surface area contributed by atoms with E-state index in [9.17, 15) is 0 Å². The van der Waals surface area contributed by atoms with E-state index < -0.39 is 0 Å². The number of thioether (sulfide) groups is 1. The zero-order valence-electron chi connectivity index (χ0n) is 7.50. The predicted octanol–water partition coefficient (Wildman–Crippen LogP) is 2.09. The van der Waals surface area contributed by atoms with Crippen molar-refractivity contribution in [1.82, 2.24) is 4.98 Å². The van der Waals surface area contributed by atoms with E-state index in [1.807, 2.05) is 6.07 Å². The Kier molecular flexibility index (Phi) is 3.41. The molecule has 0 fully saturated rings. The van der Waals surface area contributed by atoms with Gasteiger partial charge >= 0.3 is 0 Å². The van der Waals surface area contributed by atoms with Gasteiger partial charge in [-0.1, -0.05) is 6.92 Å². The van der Waals surface area contributed by atoms with Crippen molar-refractivity contribution in [3.8, 4) is 0 Å². The Hall–Kier alpha value is -0.700. The van der Waals surface area contributed by atoms with Crippen molar-refractivity contribution < 1.29 is 0 Å². The molecule has 0 aliphatic carbocycles. The van der Waals surface area contributed by atoms with Gasteiger partial charge in [0.2, 0.25) is 0 Å². The highest BCUT2D eigenvalue weighted by atomic mass is 32.2. The molecule has 66 valence electrons. The monoisotopic (exact) mass is 182 g/mol. The minimum absolute atomic E-state index is 0.637. The van der Waals surface area contributed by atoms with E-state index in [2.05, 4.69) is 24.2 Å². The summed E-state index contributed by atoms with van der Waals surface area (Å²) in [5.41, 5.74) is 8.00. The van der Waals surface area contributed by atoms with E-state index in [0.29, 0.717) is 5.82 Å². The van der Waals surface area contributed by atoms with Crippen molar-refractivity contribution in [3.05, 3.63) is 23.4 Å². The lowest BCUT2D eigenvalue weighted by Crippen LogP contribution is -1.96. The molecule has 0 aliphatic heterocycles. The average molecular weight is 182 g/mol. The fourth-order valence-electron chi connectivity index (χ4n) is 1.11. The molecule has 2 nitrogen and oxygen atoms in total. The van der Waals surface area contributed by atoms with Gasteiger partial charge in [-0.3, -0.25) is 0 Å². The number of aromatic nitrogens is 1. The average Bonchev–Trinajstić information content (AvgIpc) is 2.04. The smallest absolute Gasteiger partial charge is 0.123 e. The highest BCUT2D eigenvalue weighted by Gasteiger charge is 1.97. The first-order valence-electron chi connectivity index (χ1n) is 4.00. The maximum absolute atomic E-state index is 5.64. The molecule has 0 aromatic carbocycles. The molecule has 0 unspecified atom stereocenters. The van der Waals surface area contributed by atoms with Crippen molar-refractivity contribution in [2.24, 2.45) is 0 Å². The molecule has 1 aromatic rings. The quantitative estimate of drug-likeness (QED) is 0.778. The number of nitrogen functional groups attached to an aromatic ring is 1. The van der Waals surface area contributed by atoms with Gasteiger partial charge in [-0.2, -0.15) is 11.8 Å². The van der Waals surface area contributed by atoms with Crippen LogP contribution < -0.4 is 5.73 Å². The molecule has 0 saturated heterocycles. The van der Waals surface area contributed by atoms with Crippen molar-refractivity contribution in [2.45, 2.75) is 19.1 Å². The van der Waals surface area contributed by atoms with Crippen LogP contribution in [0.3, 0.4) is 0 Å². The predicted molar refractivity (Wildman–Crippen MR) is 55.2 cm³/mol. The van der Waals surface area contributed by atoms with Crippen molar-refractivity contribution in [3.63, 3.8) is 0 Å². The Labute approximate surface area is 77.6 Å². The number of hydrogen-bond acceptors (Lipinski definition) is 3. The third-order valence-electron chi connectivity index (χ3n) is 1.63. The van der Waals surface area contributed by atoms with Gasteiger partial charge in [0.25, 0.3) is 0 Å². The van der Waals surface area contributed by atoms with Crippen LogP contribution in [0.5, 0.6) is 0 Å². The minimum Gasteiger partial charge on any atom is -0.384 e. The number of rotatable bonds is 3. The molecular formula is C9H14N2S. The summed E-state index contributed by atoms with van der Waals surface area (Å²) >= 11 is 1.80. The second-order valence-electron chi connectivity index (χ2n) is 2.68. The molecule has 0 atom stereocenters. The summed E-state index contributed by atoms with van der Waals surface area (Å²) in [4.78, 5) is 4.20. The third-order valence-corrected chi connectivity index (χ3v) is 2.25. The van der Waals surface area contributed by atoms with Crippen molar-refractivity contribution >= 4 is 17.6 Å². The lowest BCUT2D eigenvalue weighted by Gasteiger charge is -2.03. The zero-order valence-corrected chi connectivity index (χ0v) is 8.32. The molecule has 12 heavy (non-hydrogen) atoms. The highest BCUT2D eigenvalue weighted by Crippen LogP contribution is 2.13. The van der Waals surface area contributed by atoms with Gasteiger partial charge in [-0.15, -0.1) is 0 Å². The van der Waals surface area contributed by atoms with Gasteiger partial charge in [-0.05, 0) is 30.4 Å². The summed E-state index contributed by atoms with van der Waals surface area (Å²) in [5.74, 6) is 1.65. The molecule has 1 heterocycles. The molecule has 0 spiro atoms. The summed E-state index contributed by atoms with van der Waals surface area (Å²) < 4.78 is 0. The second-order valence-corrected chi connectivity index (χ2v) is 3.54. The van der Waals surface area contributed by atoms with Gasteiger partial charge in [0.05, 0.1) is 0 Å². The van der Waals surface area contributed by atoms with Crippen LogP contribution in [0, 0.1) is 0 Å². The molecule has 3 heteroatoms. The maximum atomic E-state index is 5.64. The van der Waals surface area contributed by atoms with Gasteiger partial charge < -0.3 is 5.73 Å². The fraction of sp³-hybridized carbons (Fsp3) is 0.444. The summed E-state index contributed by atoms with van der Waals surface area (Å²) in [6.07, 6.45) is 3.04. The summed E-state index contributed by atoms with van der Waals surface area (Å²) in [6.45, 7) is 2.09. The zero-order chi connectivity index (χ0) is 8.97. The van der Waals surface area contributed by atoms with Crippen LogP contribution in [0.1, 0.15) is 18.2 Å². The van der Waals surface area contributed by atoms with Crippen LogP contribution in [-0.2, 0) is 12.2 Å². The highest BCUT2D eigenvalue weighted by molar-refractivity contribution is 7.97. The van der Waals surface area contributed by atoms with Gasteiger partial charge in [0.15, 0.2) is 0 Å². The normalized spacial score (nSPS) is 10.2. The summed E-state index contributed by atoms with van der Waals surface area (Å²) in [7, 11) is 0. The summed E-state index contributed by atoms with van der Waals surface area (Å²) in [5, 5.41) is 0. The van der Waals surface area contributed by atoms with E-state index in [1.165, 1.54) is 5.56 Å². The first-order chi connectivity index (χ1) is 5.76. The number of pyridine rings is 1. The first-order valence-corrected chi connectivity index (χ1v) is 5.40. The van der Waals surface area contributed by atoms with E-state index in [1.54, 1.807) is 11.8 Å². The number of nitrogens with zero attached hydrogens (tertiary/aromatic N) is 1. The van der Waals surface area contributed by atoms with Crippen LogP contribution in [-0.4, -0.2) is 11.2 Å². The Bertz CT molecular complexity index is 261. The lowest BCUT2D eigenvalue weighted by atomic mass is 10.2. The van der Waals surface area contributed by atoms with Gasteiger partial charge in [0.1, 0.15) is 5.82 Å². The van der Waals surface area contributed by atoms with E-state index in [-0.39, 0.29) is 0 Å². The molecule has 0 aliphatic rings. The third kappa shape index (κ3) is 2.41. The Balaban J connectivity index is 2.90. The molecule has 1 aromatic heterocycles. The molecule has 1 rings (SSSR count). The number of anilines is 1. The standard InChI is InChI=1S/C9H14N2S/c1-3-8-4-7(6-12-2)5-9(10)11-8/h4-5H,3,6H2,1-2H3,(H2,10,11). The molecule has 2 N–H and O–H groups in total. The Morgan fingerprint density at radius 2 is 2.25 bits per heavy atom. The van der Waals surface area contributed by atoms with Crippen molar-refractivity contribution in [1.29, 1.82) is 0 Å². The molecule has 0 amide bonds. The number of hydrogen-bond donors (Lipinski definition) is 1. The summed E-state index contributed by atoms with van der Waals surface area (Å²) in [6, 6.07) is 4.06. The Morgan fingerprint density at radius 1 is 1.50 bits per heavy atom. The van der Waals surface area contributed by atoms with Gasteiger partial charge in [-0.25, -0.2) is 4.98 Å². The molecular weight excluding hydrogens is 168 g/mol. The Morgan fingerprint density at radius 3 is 2.83 bits per heavy atom. The molecule has 0 saturated carbocycles. The van der Waals surface area contributed by atoms with Crippen LogP contribution >= 0.6 is 11.8 Å². The SMILES string of the molecule is CCc1cc(CSC)cc(N)n1. The van der Waals surface area contributed by atoms with Gasteiger partial charge in [0, 0.05) is 11.4 Å². The van der Waals surface area contributed by atoms with Crippen LogP contribution in [0.2, 0.25) is 0 Å². The topological polar surface area (TPSA) is 38.9 Å². The van der Waals surface area contributed by atoms with Crippen molar-refractivity contribution in [2.75, 3.05) is 12.0 Å². The minimum atomic E-state index is 0.637. The van der Waals surface area contributed by atoms with Crippen LogP contribution in [0.4, 0.5) is 5.82 Å². The van der Waals surface area contributed by atoms with Crippen LogP contribution in [0.25, 0.3) is 0 Å². The fourth-order valence-corrected chi connectivity index (χ4v) is 1.61. The maximum Gasteiger partial charge on any atom is 0.123 e. The van der Waals surface area contributed by atoms with E-state index in [4.69, 9.17) is 5.73 Å². The second kappa shape index (κ2) is 4.36. The largest absolute Gasteiger partial charge is 0.384 e. The van der Waals surface area contributed by atoms with E-state index in [0.717, 1.165) is 17.9 Å².